The number of benzene rings is 3. The molecule has 3 aromatic carbocycles. The van der Waals surface area contributed by atoms with Crippen molar-refractivity contribution in [3.05, 3.63) is 95.1 Å². The number of aryl methyl sites for hydroxylation is 1. The molecule has 0 bridgehead atoms. The maximum absolute atomic E-state index is 12.5. The molecule has 138 valence electrons. The minimum atomic E-state index is -0.284. The van der Waals surface area contributed by atoms with Crippen molar-refractivity contribution in [2.24, 2.45) is 0 Å². The van der Waals surface area contributed by atoms with Crippen LogP contribution in [0.25, 0.3) is 0 Å². The normalized spacial score (nSPS) is 10.0. The zero-order valence-electron chi connectivity index (χ0n) is 15.4. The molecule has 2 amide bonds. The summed E-state index contributed by atoms with van der Waals surface area (Å²) in [5, 5.41) is 14.5. The summed E-state index contributed by atoms with van der Waals surface area (Å²) in [5.74, 6) is -0.507. The lowest BCUT2D eigenvalue weighted by Crippen LogP contribution is -2.15. The summed E-state index contributed by atoms with van der Waals surface area (Å²) in [7, 11) is 0. The third-order valence-electron chi connectivity index (χ3n) is 4.33. The largest absolute Gasteiger partial charge is 0.322 e. The van der Waals surface area contributed by atoms with E-state index in [2.05, 4.69) is 10.6 Å². The zero-order valence-corrected chi connectivity index (χ0v) is 15.4. The van der Waals surface area contributed by atoms with Crippen LogP contribution in [0.2, 0.25) is 0 Å². The Morgan fingerprint density at radius 3 is 1.96 bits per heavy atom. The molecule has 0 aliphatic rings. The maximum atomic E-state index is 12.5. The number of rotatable bonds is 5. The van der Waals surface area contributed by atoms with E-state index in [1.54, 1.807) is 48.5 Å². The molecule has 3 aromatic rings. The number of nitriles is 1. The summed E-state index contributed by atoms with van der Waals surface area (Å²) in [5.41, 5.74) is 3.89. The smallest absolute Gasteiger partial charge is 0.255 e. The number of hydrogen-bond donors (Lipinski definition) is 2. The van der Waals surface area contributed by atoms with Crippen molar-refractivity contribution in [3.8, 4) is 6.07 Å². The van der Waals surface area contributed by atoms with Gasteiger partial charge in [-0.25, -0.2) is 0 Å². The first-order chi connectivity index (χ1) is 13.6. The van der Waals surface area contributed by atoms with Crippen molar-refractivity contribution >= 4 is 23.2 Å². The Bertz CT molecular complexity index is 1030. The SMILES string of the molecule is CCc1ccccc1NC(=O)c1ccc(C(=O)Nc2ccc(C#N)cc2)cc1. The van der Waals surface area contributed by atoms with Crippen LogP contribution in [-0.2, 0) is 6.42 Å². The van der Waals surface area contributed by atoms with Crippen LogP contribution in [0.15, 0.2) is 72.8 Å². The Balaban J connectivity index is 1.67. The fourth-order valence-electron chi connectivity index (χ4n) is 2.75. The van der Waals surface area contributed by atoms with Gasteiger partial charge in [0.1, 0.15) is 0 Å². The standard InChI is InChI=1S/C23H19N3O2/c1-2-17-5-3-4-6-21(17)26-23(28)19-11-9-18(10-12-19)22(27)25-20-13-7-16(15-24)8-14-20/h3-14H,2H2,1H3,(H,25,27)(H,26,28). The van der Waals surface area contributed by atoms with E-state index in [1.807, 2.05) is 37.3 Å². The molecular weight excluding hydrogens is 350 g/mol. The van der Waals surface area contributed by atoms with Crippen molar-refractivity contribution in [2.45, 2.75) is 13.3 Å². The second kappa shape index (κ2) is 8.65. The Morgan fingerprint density at radius 2 is 1.39 bits per heavy atom. The van der Waals surface area contributed by atoms with Crippen LogP contribution in [0.5, 0.6) is 0 Å². The van der Waals surface area contributed by atoms with Crippen molar-refractivity contribution in [1.29, 1.82) is 5.26 Å². The number of nitrogens with one attached hydrogen (secondary N) is 2. The Morgan fingerprint density at radius 1 is 0.821 bits per heavy atom. The number of amides is 2. The molecule has 0 atom stereocenters. The summed E-state index contributed by atoms with van der Waals surface area (Å²) in [6.07, 6.45) is 0.824. The van der Waals surface area contributed by atoms with Gasteiger partial charge in [0.05, 0.1) is 11.6 Å². The number of hydrogen-bond acceptors (Lipinski definition) is 3. The third-order valence-corrected chi connectivity index (χ3v) is 4.33. The van der Waals surface area contributed by atoms with Crippen LogP contribution in [0, 0.1) is 11.3 Å². The second-order valence-electron chi connectivity index (χ2n) is 6.19. The van der Waals surface area contributed by atoms with Gasteiger partial charge >= 0.3 is 0 Å². The molecule has 0 unspecified atom stereocenters. The molecule has 0 saturated carbocycles. The van der Waals surface area contributed by atoms with Gasteiger partial charge in [0.2, 0.25) is 0 Å². The topological polar surface area (TPSA) is 82.0 Å². The van der Waals surface area contributed by atoms with Gasteiger partial charge < -0.3 is 10.6 Å². The average Bonchev–Trinajstić information content (AvgIpc) is 2.74. The van der Waals surface area contributed by atoms with Crippen LogP contribution in [-0.4, -0.2) is 11.8 Å². The summed E-state index contributed by atoms with van der Waals surface area (Å²) < 4.78 is 0. The molecular formula is C23H19N3O2. The third kappa shape index (κ3) is 4.43. The lowest BCUT2D eigenvalue weighted by atomic mass is 10.1. The van der Waals surface area contributed by atoms with Gasteiger partial charge in [-0.05, 0) is 66.6 Å². The fraction of sp³-hybridized carbons (Fsp3) is 0.0870. The van der Waals surface area contributed by atoms with Gasteiger partial charge in [-0.2, -0.15) is 5.26 Å². The van der Waals surface area contributed by atoms with Crippen molar-refractivity contribution in [2.75, 3.05) is 10.6 Å². The molecule has 0 heterocycles. The first-order valence-corrected chi connectivity index (χ1v) is 8.91. The van der Waals surface area contributed by atoms with E-state index in [4.69, 9.17) is 5.26 Å². The molecule has 0 saturated heterocycles. The van der Waals surface area contributed by atoms with Gasteiger partial charge in [0.15, 0.2) is 0 Å². The Kier molecular flexibility index (Phi) is 5.83. The summed E-state index contributed by atoms with van der Waals surface area (Å²) in [4.78, 5) is 24.8. The molecule has 0 radical (unpaired) electrons. The molecule has 5 heteroatoms. The lowest BCUT2D eigenvalue weighted by Gasteiger charge is -2.10. The highest BCUT2D eigenvalue weighted by atomic mass is 16.2. The first-order valence-electron chi connectivity index (χ1n) is 8.91. The summed E-state index contributed by atoms with van der Waals surface area (Å²) in [6, 6.07) is 22.8. The average molecular weight is 369 g/mol. The molecule has 0 fully saturated rings. The highest BCUT2D eigenvalue weighted by Gasteiger charge is 2.11. The predicted octanol–water partition coefficient (Wildman–Crippen LogP) is 4.63. The molecule has 5 nitrogen and oxygen atoms in total. The lowest BCUT2D eigenvalue weighted by molar-refractivity contribution is 0.101. The number of carbonyl (C=O) groups is 2. The number of nitrogens with zero attached hydrogens (tertiary/aromatic N) is 1. The number of anilines is 2. The van der Waals surface area contributed by atoms with Crippen molar-refractivity contribution < 1.29 is 9.59 Å². The second-order valence-corrected chi connectivity index (χ2v) is 6.19. The van der Waals surface area contributed by atoms with Gasteiger partial charge in [0, 0.05) is 22.5 Å². The van der Waals surface area contributed by atoms with Gasteiger partial charge in [-0.15, -0.1) is 0 Å². The van der Waals surface area contributed by atoms with Gasteiger partial charge in [-0.1, -0.05) is 25.1 Å². The highest BCUT2D eigenvalue weighted by Crippen LogP contribution is 2.17. The van der Waals surface area contributed by atoms with Gasteiger partial charge in [-0.3, -0.25) is 9.59 Å². The van der Waals surface area contributed by atoms with Crippen molar-refractivity contribution in [3.63, 3.8) is 0 Å². The van der Waals surface area contributed by atoms with Crippen LogP contribution < -0.4 is 10.6 Å². The zero-order chi connectivity index (χ0) is 19.9. The molecule has 3 rings (SSSR count). The Labute approximate surface area is 163 Å². The van der Waals surface area contributed by atoms with E-state index in [9.17, 15) is 9.59 Å². The van der Waals surface area contributed by atoms with Crippen LogP contribution in [0.3, 0.4) is 0 Å². The highest BCUT2D eigenvalue weighted by molar-refractivity contribution is 6.07. The van der Waals surface area contributed by atoms with E-state index in [1.165, 1.54) is 0 Å². The summed E-state index contributed by atoms with van der Waals surface area (Å²) in [6.45, 7) is 2.03. The minimum absolute atomic E-state index is 0.222. The fourth-order valence-corrected chi connectivity index (χ4v) is 2.75. The monoisotopic (exact) mass is 369 g/mol. The van der Waals surface area contributed by atoms with E-state index < -0.39 is 0 Å². The quantitative estimate of drug-likeness (QED) is 0.688. The molecule has 0 aliphatic carbocycles. The van der Waals surface area contributed by atoms with Crippen LogP contribution >= 0.6 is 0 Å². The molecule has 0 spiro atoms. The molecule has 0 aromatic heterocycles. The summed E-state index contributed by atoms with van der Waals surface area (Å²) >= 11 is 0. The van der Waals surface area contributed by atoms with Crippen molar-refractivity contribution in [1.82, 2.24) is 0 Å². The van der Waals surface area contributed by atoms with E-state index >= 15 is 0 Å². The van der Waals surface area contributed by atoms with Crippen LogP contribution in [0.1, 0.15) is 38.8 Å². The molecule has 0 aliphatic heterocycles. The maximum Gasteiger partial charge on any atom is 0.255 e. The van der Waals surface area contributed by atoms with E-state index in [0.29, 0.717) is 22.4 Å². The first kappa shape index (κ1) is 18.9. The van der Waals surface area contributed by atoms with E-state index in [-0.39, 0.29) is 11.8 Å². The molecule has 28 heavy (non-hydrogen) atoms. The van der Waals surface area contributed by atoms with Gasteiger partial charge in [0.25, 0.3) is 11.8 Å². The minimum Gasteiger partial charge on any atom is -0.322 e. The van der Waals surface area contributed by atoms with E-state index in [0.717, 1.165) is 17.7 Å². The predicted molar refractivity (Wildman–Crippen MR) is 109 cm³/mol. The van der Waals surface area contributed by atoms with Crippen LogP contribution in [0.4, 0.5) is 11.4 Å². The Hall–Kier alpha value is -3.91. The number of para-hydroxylation sites is 1. The molecule has 2 N–H and O–H groups in total. The number of carbonyl (C=O) groups excluding carboxylic acids is 2.